The van der Waals surface area contributed by atoms with Gasteiger partial charge in [0.2, 0.25) is 11.8 Å². The normalized spacial score (nSPS) is 16.2. The van der Waals surface area contributed by atoms with Crippen molar-refractivity contribution >= 4 is 23.9 Å². The third-order valence-electron chi connectivity index (χ3n) is 3.60. The highest BCUT2D eigenvalue weighted by Gasteiger charge is 2.45. The third-order valence-corrected chi connectivity index (χ3v) is 3.60. The van der Waals surface area contributed by atoms with E-state index in [1.807, 2.05) is 0 Å². The van der Waals surface area contributed by atoms with Gasteiger partial charge in [-0.2, -0.15) is 0 Å². The van der Waals surface area contributed by atoms with Crippen LogP contribution in [0.3, 0.4) is 0 Å². The van der Waals surface area contributed by atoms with Gasteiger partial charge >= 0.3 is 5.97 Å². The van der Waals surface area contributed by atoms with Crippen LogP contribution in [-0.4, -0.2) is 28.4 Å². The average Bonchev–Trinajstić information content (AvgIpc) is 2.40. The van der Waals surface area contributed by atoms with Gasteiger partial charge in [0.15, 0.2) is 0 Å². The lowest BCUT2D eigenvalue weighted by atomic mass is 9.77. The molecule has 1 aliphatic rings. The first kappa shape index (κ1) is 14.8. The van der Waals surface area contributed by atoms with Gasteiger partial charge in [0.1, 0.15) is 5.54 Å². The van der Waals surface area contributed by atoms with Crippen molar-refractivity contribution in [2.45, 2.75) is 24.8 Å². The van der Waals surface area contributed by atoms with E-state index >= 15 is 0 Å². The number of amides is 2. The minimum atomic E-state index is -1.11. The topological polar surface area (TPSA) is 109 Å². The highest BCUT2D eigenvalue weighted by Crippen LogP contribution is 2.31. The molecule has 2 amide bonds. The van der Waals surface area contributed by atoms with E-state index in [0.717, 1.165) is 6.42 Å². The van der Waals surface area contributed by atoms with E-state index in [1.165, 1.54) is 6.08 Å². The lowest BCUT2D eigenvalue weighted by Gasteiger charge is -2.37. The summed E-state index contributed by atoms with van der Waals surface area (Å²) < 4.78 is 0. The second-order valence-electron chi connectivity index (χ2n) is 5.05. The molecule has 0 aromatic heterocycles. The van der Waals surface area contributed by atoms with Gasteiger partial charge in [-0.15, -0.1) is 0 Å². The van der Waals surface area contributed by atoms with Crippen molar-refractivity contribution in [2.24, 2.45) is 5.73 Å². The van der Waals surface area contributed by atoms with Crippen molar-refractivity contribution in [3.8, 4) is 0 Å². The molecule has 0 atom stereocenters. The first-order chi connectivity index (χ1) is 9.93. The zero-order chi connectivity index (χ0) is 15.5. The Kier molecular flexibility index (Phi) is 4.07. The Balaban J connectivity index is 1.99. The third kappa shape index (κ3) is 3.28. The van der Waals surface area contributed by atoms with Crippen LogP contribution >= 0.6 is 0 Å². The number of nitrogens with two attached hydrogens (primary N) is 1. The number of benzene rings is 1. The van der Waals surface area contributed by atoms with Crippen LogP contribution in [0, 0.1) is 0 Å². The predicted molar refractivity (Wildman–Crippen MR) is 76.4 cm³/mol. The molecule has 21 heavy (non-hydrogen) atoms. The zero-order valence-corrected chi connectivity index (χ0v) is 11.3. The Hall–Kier alpha value is -2.63. The fourth-order valence-electron chi connectivity index (χ4n) is 2.13. The molecule has 1 fully saturated rings. The molecule has 0 heterocycles. The van der Waals surface area contributed by atoms with Gasteiger partial charge in [0.05, 0.1) is 0 Å². The van der Waals surface area contributed by atoms with E-state index < -0.39 is 23.3 Å². The van der Waals surface area contributed by atoms with Gasteiger partial charge in [-0.25, -0.2) is 4.79 Å². The fourth-order valence-corrected chi connectivity index (χ4v) is 2.13. The van der Waals surface area contributed by atoms with Crippen LogP contribution in [0.15, 0.2) is 30.3 Å². The van der Waals surface area contributed by atoms with Crippen molar-refractivity contribution in [3.05, 3.63) is 41.5 Å². The van der Waals surface area contributed by atoms with E-state index in [4.69, 9.17) is 10.8 Å². The lowest BCUT2D eigenvalue weighted by molar-refractivity contribution is -0.151. The number of carboxylic acids is 1. The minimum Gasteiger partial charge on any atom is -0.480 e. The van der Waals surface area contributed by atoms with Crippen molar-refractivity contribution in [1.82, 2.24) is 5.32 Å². The maximum absolute atomic E-state index is 11.8. The van der Waals surface area contributed by atoms with Gasteiger partial charge < -0.3 is 16.2 Å². The first-order valence-corrected chi connectivity index (χ1v) is 6.56. The van der Waals surface area contributed by atoms with Crippen LogP contribution in [0.25, 0.3) is 6.08 Å². The van der Waals surface area contributed by atoms with Crippen LogP contribution in [0.5, 0.6) is 0 Å². The fraction of sp³-hybridized carbons (Fsp3) is 0.267. The van der Waals surface area contributed by atoms with E-state index in [0.29, 0.717) is 24.0 Å². The monoisotopic (exact) mass is 288 g/mol. The molecule has 1 saturated carbocycles. The summed E-state index contributed by atoms with van der Waals surface area (Å²) in [5.74, 6) is -1.96. The van der Waals surface area contributed by atoms with Crippen LogP contribution in [-0.2, 0) is 9.59 Å². The van der Waals surface area contributed by atoms with Crippen LogP contribution in [0.4, 0.5) is 0 Å². The predicted octanol–water partition coefficient (Wildman–Crippen LogP) is 0.922. The summed E-state index contributed by atoms with van der Waals surface area (Å²) in [7, 11) is 0. The minimum absolute atomic E-state index is 0.385. The molecule has 0 unspecified atom stereocenters. The molecule has 0 bridgehead atoms. The molecule has 0 spiro atoms. The molecule has 0 radical (unpaired) electrons. The van der Waals surface area contributed by atoms with Gasteiger partial charge in [-0.3, -0.25) is 9.59 Å². The molecular formula is C15H16N2O4. The summed E-state index contributed by atoms with van der Waals surface area (Å²) in [6.07, 6.45) is 4.53. The number of hydrogen-bond acceptors (Lipinski definition) is 3. The largest absolute Gasteiger partial charge is 0.480 e. The highest BCUT2D eigenvalue weighted by molar-refractivity contribution is 5.96. The first-order valence-electron chi connectivity index (χ1n) is 6.56. The maximum Gasteiger partial charge on any atom is 0.329 e. The second kappa shape index (κ2) is 5.78. The van der Waals surface area contributed by atoms with Crippen molar-refractivity contribution in [3.63, 3.8) is 0 Å². The summed E-state index contributed by atoms with van der Waals surface area (Å²) in [6, 6.07) is 6.43. The highest BCUT2D eigenvalue weighted by atomic mass is 16.4. The van der Waals surface area contributed by atoms with Crippen molar-refractivity contribution < 1.29 is 19.5 Å². The molecular weight excluding hydrogens is 272 g/mol. The number of rotatable bonds is 5. The molecule has 4 N–H and O–H groups in total. The maximum atomic E-state index is 11.8. The van der Waals surface area contributed by atoms with E-state index in [9.17, 15) is 14.4 Å². The van der Waals surface area contributed by atoms with E-state index in [2.05, 4.69) is 5.32 Å². The summed E-state index contributed by atoms with van der Waals surface area (Å²) in [5.41, 5.74) is 5.12. The Morgan fingerprint density at radius 2 is 1.81 bits per heavy atom. The van der Waals surface area contributed by atoms with Crippen LogP contribution < -0.4 is 11.1 Å². The average molecular weight is 288 g/mol. The smallest absolute Gasteiger partial charge is 0.329 e. The summed E-state index contributed by atoms with van der Waals surface area (Å²) in [4.78, 5) is 33.8. The summed E-state index contributed by atoms with van der Waals surface area (Å²) in [6.45, 7) is 0. The number of hydrogen-bond donors (Lipinski definition) is 3. The van der Waals surface area contributed by atoms with Crippen molar-refractivity contribution in [2.75, 3.05) is 0 Å². The van der Waals surface area contributed by atoms with Gasteiger partial charge in [-0.05, 0) is 43.0 Å². The molecule has 6 nitrogen and oxygen atoms in total. The second-order valence-corrected chi connectivity index (χ2v) is 5.05. The van der Waals surface area contributed by atoms with E-state index in [-0.39, 0.29) is 0 Å². The summed E-state index contributed by atoms with van der Waals surface area (Å²) in [5, 5.41) is 11.6. The number of carboxylic acid groups (broad SMARTS) is 1. The Bertz CT molecular complexity index is 601. The van der Waals surface area contributed by atoms with Crippen LogP contribution in [0.1, 0.15) is 35.2 Å². The molecule has 1 aromatic rings. The number of carbonyl (C=O) groups excluding carboxylic acids is 2. The van der Waals surface area contributed by atoms with E-state index in [1.54, 1.807) is 30.3 Å². The van der Waals surface area contributed by atoms with Gasteiger partial charge in [0.25, 0.3) is 0 Å². The molecule has 2 rings (SSSR count). The number of primary amides is 1. The summed E-state index contributed by atoms with van der Waals surface area (Å²) >= 11 is 0. The Morgan fingerprint density at radius 1 is 1.19 bits per heavy atom. The van der Waals surface area contributed by atoms with Crippen LogP contribution in [0.2, 0.25) is 0 Å². The molecule has 0 saturated heterocycles. The number of aliphatic carboxylic acids is 1. The zero-order valence-electron chi connectivity index (χ0n) is 11.3. The molecule has 1 aromatic carbocycles. The SMILES string of the molecule is NC(=O)c1ccc(/C=C/C(=O)NC2(C(=O)O)CCC2)cc1. The van der Waals surface area contributed by atoms with Gasteiger partial charge in [-0.1, -0.05) is 12.1 Å². The molecule has 0 aliphatic heterocycles. The van der Waals surface area contributed by atoms with Crippen molar-refractivity contribution in [1.29, 1.82) is 0 Å². The Morgan fingerprint density at radius 3 is 2.24 bits per heavy atom. The number of carbonyl (C=O) groups is 3. The Labute approximate surface area is 121 Å². The molecule has 110 valence electrons. The molecule has 1 aliphatic carbocycles. The standard InChI is InChI=1S/C15H16N2O4/c16-13(19)11-5-2-10(3-6-11)4-7-12(18)17-15(14(20)21)8-1-9-15/h2-7H,1,8-9H2,(H2,16,19)(H,17,18)(H,20,21)/b7-4+. The number of nitrogens with one attached hydrogen (secondary N) is 1. The quantitative estimate of drug-likeness (QED) is 0.700. The van der Waals surface area contributed by atoms with Gasteiger partial charge in [0, 0.05) is 11.6 Å². The lowest BCUT2D eigenvalue weighted by Crippen LogP contribution is -2.58. The molecule has 6 heteroatoms.